The first-order valence-electron chi connectivity index (χ1n) is 7.22. The van der Waals surface area contributed by atoms with Gasteiger partial charge < -0.3 is 20.2 Å². The Labute approximate surface area is 126 Å². The van der Waals surface area contributed by atoms with Gasteiger partial charge in [-0.3, -0.25) is 9.59 Å². The number of ketones is 3. The third-order valence-electron chi connectivity index (χ3n) is 3.18. The zero-order valence-electron chi connectivity index (χ0n) is 13.3. The van der Waals surface area contributed by atoms with E-state index in [-0.39, 0.29) is 35.7 Å². The first kappa shape index (κ1) is 19.4. The van der Waals surface area contributed by atoms with Gasteiger partial charge in [0.15, 0.2) is 0 Å². The summed E-state index contributed by atoms with van der Waals surface area (Å²) in [5.41, 5.74) is 0. The van der Waals surface area contributed by atoms with Crippen LogP contribution in [0.15, 0.2) is 0 Å². The number of hydrogen-bond donors (Lipinski definition) is 2. The number of likely N-dealkylation sites (N-methyl/N-ethyl adjacent to an activating group) is 1. The molecule has 2 atom stereocenters. The number of hydrogen-bond acceptors (Lipinski definition) is 5. The monoisotopic (exact) mass is 298 g/mol. The second-order valence-corrected chi connectivity index (χ2v) is 5.43. The lowest BCUT2D eigenvalue weighted by Crippen LogP contribution is -2.47. The molecule has 0 fully saturated rings. The highest BCUT2D eigenvalue weighted by molar-refractivity contribution is 5.84. The van der Waals surface area contributed by atoms with E-state index < -0.39 is 6.04 Å². The van der Waals surface area contributed by atoms with Crippen LogP contribution in [0.4, 0.5) is 0 Å². The van der Waals surface area contributed by atoms with Crippen molar-refractivity contribution in [2.45, 2.75) is 65.0 Å². The van der Waals surface area contributed by atoms with Crippen LogP contribution in [-0.2, 0) is 19.2 Å². The molecule has 21 heavy (non-hydrogen) atoms. The van der Waals surface area contributed by atoms with Crippen molar-refractivity contribution in [3.63, 3.8) is 0 Å². The molecule has 120 valence electrons. The number of amides is 1. The first-order valence-corrected chi connectivity index (χ1v) is 7.22. The molecule has 0 spiro atoms. The fraction of sp³-hybridized carbons (Fsp3) is 0.733. The molecule has 0 heterocycles. The average Bonchev–Trinajstić information content (AvgIpc) is 2.35. The summed E-state index contributed by atoms with van der Waals surface area (Å²) >= 11 is 0. The molecule has 0 aromatic heterocycles. The van der Waals surface area contributed by atoms with Crippen LogP contribution in [0.1, 0.15) is 52.9 Å². The number of nitrogens with one attached hydrogen (secondary N) is 2. The van der Waals surface area contributed by atoms with Gasteiger partial charge in [0.2, 0.25) is 5.91 Å². The lowest BCUT2D eigenvalue weighted by Gasteiger charge is -2.21. The Kier molecular flexibility index (Phi) is 9.45. The van der Waals surface area contributed by atoms with Gasteiger partial charge in [0, 0.05) is 25.3 Å². The van der Waals surface area contributed by atoms with Crippen LogP contribution in [0.5, 0.6) is 0 Å². The summed E-state index contributed by atoms with van der Waals surface area (Å²) in [7, 11) is 1.65. The van der Waals surface area contributed by atoms with Crippen LogP contribution >= 0.6 is 0 Å². The van der Waals surface area contributed by atoms with Crippen molar-refractivity contribution in [3.05, 3.63) is 0 Å². The Morgan fingerprint density at radius 1 is 0.857 bits per heavy atom. The zero-order valence-corrected chi connectivity index (χ0v) is 13.3. The van der Waals surface area contributed by atoms with E-state index in [0.29, 0.717) is 25.7 Å². The van der Waals surface area contributed by atoms with Crippen molar-refractivity contribution in [1.82, 2.24) is 10.6 Å². The molecule has 2 N–H and O–H groups in total. The number of carbonyl (C=O) groups is 4. The fourth-order valence-corrected chi connectivity index (χ4v) is 2.01. The predicted molar refractivity (Wildman–Crippen MR) is 79.9 cm³/mol. The van der Waals surface area contributed by atoms with Crippen LogP contribution in [0.2, 0.25) is 0 Å². The Balaban J connectivity index is 4.55. The summed E-state index contributed by atoms with van der Waals surface area (Å²) in [5, 5.41) is 5.66. The molecule has 0 rings (SSSR count). The smallest absolute Gasteiger partial charge is 0.237 e. The topological polar surface area (TPSA) is 92.3 Å². The van der Waals surface area contributed by atoms with Crippen molar-refractivity contribution in [3.8, 4) is 0 Å². The first-order chi connectivity index (χ1) is 9.76. The minimum Gasteiger partial charge on any atom is -0.352 e. The third kappa shape index (κ3) is 9.90. The van der Waals surface area contributed by atoms with E-state index in [1.807, 2.05) is 0 Å². The summed E-state index contributed by atoms with van der Waals surface area (Å²) in [6.07, 6.45) is 1.72. The van der Waals surface area contributed by atoms with Gasteiger partial charge in [0.05, 0.1) is 6.04 Å². The summed E-state index contributed by atoms with van der Waals surface area (Å²) in [6.45, 7) is 4.42. The Hall–Kier alpha value is -1.56. The van der Waals surface area contributed by atoms with Crippen molar-refractivity contribution in [1.29, 1.82) is 0 Å². The Morgan fingerprint density at radius 3 is 1.81 bits per heavy atom. The third-order valence-corrected chi connectivity index (χ3v) is 3.18. The maximum atomic E-state index is 12.1. The summed E-state index contributed by atoms with van der Waals surface area (Å²) in [5.74, 6) is -0.221. The highest BCUT2D eigenvalue weighted by Gasteiger charge is 2.21. The van der Waals surface area contributed by atoms with Gasteiger partial charge in [-0.25, -0.2) is 0 Å². The quantitative estimate of drug-likeness (QED) is 0.588. The molecule has 0 aliphatic heterocycles. The van der Waals surface area contributed by atoms with E-state index in [2.05, 4.69) is 10.6 Å². The van der Waals surface area contributed by atoms with Gasteiger partial charge in [-0.05, 0) is 40.7 Å². The molecular weight excluding hydrogens is 272 g/mol. The highest BCUT2D eigenvalue weighted by Crippen LogP contribution is 2.06. The van der Waals surface area contributed by atoms with E-state index in [9.17, 15) is 19.2 Å². The van der Waals surface area contributed by atoms with Crippen LogP contribution in [0.3, 0.4) is 0 Å². The molecule has 0 aliphatic rings. The van der Waals surface area contributed by atoms with E-state index in [0.717, 1.165) is 0 Å². The SMILES string of the molecule is CNC(CCC(C)=O)C(=O)NC(CCC(C)=O)CC(C)=O. The minimum absolute atomic E-state index is 0.0274. The van der Waals surface area contributed by atoms with Gasteiger partial charge >= 0.3 is 0 Å². The molecule has 1 amide bonds. The van der Waals surface area contributed by atoms with E-state index >= 15 is 0 Å². The largest absolute Gasteiger partial charge is 0.352 e. The molecule has 0 aliphatic carbocycles. The van der Waals surface area contributed by atoms with Gasteiger partial charge in [-0.15, -0.1) is 0 Å². The predicted octanol–water partition coefficient (Wildman–Crippen LogP) is 0.777. The molecule has 0 radical (unpaired) electrons. The van der Waals surface area contributed by atoms with Crippen LogP contribution in [0.25, 0.3) is 0 Å². The van der Waals surface area contributed by atoms with Crippen molar-refractivity contribution >= 4 is 23.3 Å². The molecule has 0 bridgehead atoms. The second-order valence-electron chi connectivity index (χ2n) is 5.43. The molecule has 0 aromatic rings. The van der Waals surface area contributed by atoms with Gasteiger partial charge in [0.25, 0.3) is 0 Å². The normalized spacial score (nSPS) is 13.3. The van der Waals surface area contributed by atoms with Crippen LogP contribution in [-0.4, -0.2) is 42.4 Å². The van der Waals surface area contributed by atoms with Crippen LogP contribution in [0, 0.1) is 0 Å². The summed E-state index contributed by atoms with van der Waals surface area (Å²) < 4.78 is 0. The maximum Gasteiger partial charge on any atom is 0.237 e. The van der Waals surface area contributed by atoms with E-state index in [4.69, 9.17) is 0 Å². The Morgan fingerprint density at radius 2 is 1.38 bits per heavy atom. The molecule has 2 unspecified atom stereocenters. The molecule has 6 heteroatoms. The van der Waals surface area contributed by atoms with Crippen molar-refractivity contribution in [2.75, 3.05) is 7.05 Å². The zero-order chi connectivity index (χ0) is 16.4. The van der Waals surface area contributed by atoms with Crippen molar-refractivity contribution in [2.24, 2.45) is 0 Å². The second kappa shape index (κ2) is 10.2. The number of Topliss-reactive ketones (excluding diaryl/α,β-unsaturated/α-hetero) is 3. The lowest BCUT2D eigenvalue weighted by atomic mass is 10.0. The van der Waals surface area contributed by atoms with E-state index in [1.165, 1.54) is 20.8 Å². The molecule has 0 saturated carbocycles. The number of carbonyl (C=O) groups excluding carboxylic acids is 4. The molecule has 6 nitrogen and oxygen atoms in total. The van der Waals surface area contributed by atoms with Gasteiger partial charge in [0.1, 0.15) is 17.3 Å². The van der Waals surface area contributed by atoms with Crippen LogP contribution < -0.4 is 10.6 Å². The van der Waals surface area contributed by atoms with E-state index in [1.54, 1.807) is 7.05 Å². The van der Waals surface area contributed by atoms with Gasteiger partial charge in [-0.2, -0.15) is 0 Å². The Bertz CT molecular complexity index is 393. The summed E-state index contributed by atoms with van der Waals surface area (Å²) in [6, 6.07) is -0.812. The fourth-order valence-electron chi connectivity index (χ4n) is 2.01. The van der Waals surface area contributed by atoms with Gasteiger partial charge in [-0.1, -0.05) is 0 Å². The lowest BCUT2D eigenvalue weighted by molar-refractivity contribution is -0.125. The summed E-state index contributed by atoms with van der Waals surface area (Å²) in [4.78, 5) is 45.4. The molecule has 0 saturated heterocycles. The average molecular weight is 298 g/mol. The number of rotatable bonds is 11. The minimum atomic E-state index is -0.472. The maximum absolute atomic E-state index is 12.1. The highest BCUT2D eigenvalue weighted by atomic mass is 16.2. The molecular formula is C15H26N2O4. The van der Waals surface area contributed by atoms with Crippen molar-refractivity contribution < 1.29 is 19.2 Å². The molecule has 0 aromatic carbocycles. The standard InChI is InChI=1S/C15H26N2O4/c1-10(18)5-7-13(9-12(3)20)17-15(21)14(16-4)8-6-11(2)19/h13-14,16H,5-9H2,1-4H3,(H,17,21).